The lowest BCUT2D eigenvalue weighted by Crippen LogP contribution is -2.48. The molecule has 1 aliphatic rings. The molecule has 0 aliphatic carbocycles. The fourth-order valence-electron chi connectivity index (χ4n) is 3.65. The maximum Gasteiger partial charge on any atom is 0.339 e. The van der Waals surface area contributed by atoms with Crippen LogP contribution >= 0.6 is 0 Å². The third kappa shape index (κ3) is 4.06. The first-order valence-electron chi connectivity index (χ1n) is 9.99. The Balaban J connectivity index is 1.42. The molecule has 2 unspecified atom stereocenters. The third-order valence-corrected chi connectivity index (χ3v) is 5.39. The molecule has 0 fully saturated rings. The van der Waals surface area contributed by atoms with Crippen molar-refractivity contribution in [2.75, 3.05) is 10.6 Å². The van der Waals surface area contributed by atoms with Gasteiger partial charge in [0.25, 0.3) is 5.91 Å². The second-order valence-corrected chi connectivity index (χ2v) is 7.76. The smallest absolute Gasteiger partial charge is 0.339 e. The number of ether oxygens (including phenoxy) is 1. The minimum absolute atomic E-state index is 0.160. The van der Waals surface area contributed by atoms with E-state index in [1.54, 1.807) is 19.1 Å². The minimum Gasteiger partial charge on any atom is -0.445 e. The quantitative estimate of drug-likeness (QED) is 0.594. The maximum atomic E-state index is 12.9. The highest BCUT2D eigenvalue weighted by Crippen LogP contribution is 2.29. The molecular weight excluding hydrogens is 376 g/mol. The number of benzene rings is 3. The minimum atomic E-state index is -1.25. The summed E-state index contributed by atoms with van der Waals surface area (Å²) < 4.78 is 5.50. The second-order valence-electron chi connectivity index (χ2n) is 7.76. The molecule has 3 aromatic carbocycles. The number of amides is 1. The van der Waals surface area contributed by atoms with Crippen LogP contribution in [0.15, 0.2) is 78.9 Å². The van der Waals surface area contributed by atoms with Crippen molar-refractivity contribution in [1.82, 2.24) is 0 Å². The zero-order valence-electron chi connectivity index (χ0n) is 17.0. The molecule has 5 heteroatoms. The molecule has 1 heterocycles. The maximum absolute atomic E-state index is 12.9. The molecule has 1 aliphatic heterocycles. The van der Waals surface area contributed by atoms with Crippen LogP contribution in [0.3, 0.4) is 0 Å². The van der Waals surface area contributed by atoms with E-state index >= 15 is 0 Å². The van der Waals surface area contributed by atoms with E-state index in [1.807, 2.05) is 54.6 Å². The largest absolute Gasteiger partial charge is 0.445 e. The van der Waals surface area contributed by atoms with Crippen molar-refractivity contribution in [2.45, 2.75) is 31.9 Å². The molecule has 1 amide bonds. The molecule has 4 rings (SSSR count). The fraction of sp³-hybridized carbons (Fsp3) is 0.200. The van der Waals surface area contributed by atoms with Crippen LogP contribution in [0.4, 0.5) is 11.4 Å². The predicted molar refractivity (Wildman–Crippen MR) is 118 cm³/mol. The van der Waals surface area contributed by atoms with E-state index in [-0.39, 0.29) is 11.9 Å². The Hall–Kier alpha value is -3.60. The lowest BCUT2D eigenvalue weighted by molar-refractivity contribution is -0.134. The summed E-state index contributed by atoms with van der Waals surface area (Å²) in [5.74, 6) is -0.812. The summed E-state index contributed by atoms with van der Waals surface area (Å²) >= 11 is 0. The number of hydrogen-bond acceptors (Lipinski definition) is 4. The number of cyclic esters (lactones) is 1. The number of carbonyl (C=O) groups excluding carboxylic acids is 2. The first kappa shape index (κ1) is 19.7. The standard InChI is InChI=1S/C25H24N2O3/c1-17(18-8-4-3-5-9-18)26-20-12-14-21(15-13-20)27-24(29)25(2)16-19-10-6-7-11-22(19)23(28)30-25/h3-15,17,26H,16H2,1-2H3,(H,27,29). The normalized spacial score (nSPS) is 18.7. The molecular formula is C25H24N2O3. The number of nitrogens with one attached hydrogen (secondary N) is 2. The van der Waals surface area contributed by atoms with Gasteiger partial charge in [-0.3, -0.25) is 4.79 Å². The van der Waals surface area contributed by atoms with Crippen molar-refractivity contribution in [3.05, 3.63) is 95.6 Å². The van der Waals surface area contributed by atoms with E-state index in [2.05, 4.69) is 29.7 Å². The SMILES string of the molecule is CC(Nc1ccc(NC(=O)C2(C)Cc3ccccc3C(=O)O2)cc1)c1ccccc1. The summed E-state index contributed by atoms with van der Waals surface area (Å²) in [6.45, 7) is 3.74. The number of esters is 1. The number of rotatable bonds is 5. The van der Waals surface area contributed by atoms with Gasteiger partial charge in [0.1, 0.15) is 0 Å². The molecule has 0 saturated carbocycles. The van der Waals surface area contributed by atoms with Crippen LogP contribution in [-0.2, 0) is 16.0 Å². The average Bonchev–Trinajstić information content (AvgIpc) is 2.75. The van der Waals surface area contributed by atoms with Gasteiger partial charge in [0.2, 0.25) is 0 Å². The van der Waals surface area contributed by atoms with Crippen molar-refractivity contribution < 1.29 is 14.3 Å². The van der Waals surface area contributed by atoms with Gasteiger partial charge in [0, 0.05) is 23.8 Å². The number of hydrogen-bond donors (Lipinski definition) is 2. The predicted octanol–water partition coefficient (Wildman–Crippen LogP) is 4.97. The van der Waals surface area contributed by atoms with Crippen LogP contribution in [0.5, 0.6) is 0 Å². The van der Waals surface area contributed by atoms with E-state index in [1.165, 1.54) is 5.56 Å². The topological polar surface area (TPSA) is 67.4 Å². The van der Waals surface area contributed by atoms with Gasteiger partial charge < -0.3 is 15.4 Å². The van der Waals surface area contributed by atoms with Gasteiger partial charge in [-0.05, 0) is 55.3 Å². The fourth-order valence-corrected chi connectivity index (χ4v) is 3.65. The summed E-state index contributed by atoms with van der Waals surface area (Å²) in [4.78, 5) is 25.2. The van der Waals surface area contributed by atoms with Crippen molar-refractivity contribution in [1.29, 1.82) is 0 Å². The van der Waals surface area contributed by atoms with Gasteiger partial charge in [-0.2, -0.15) is 0 Å². The monoisotopic (exact) mass is 400 g/mol. The Bertz CT molecular complexity index is 1060. The first-order chi connectivity index (χ1) is 14.4. The van der Waals surface area contributed by atoms with Crippen LogP contribution in [0, 0.1) is 0 Å². The Morgan fingerprint density at radius 1 is 0.933 bits per heavy atom. The van der Waals surface area contributed by atoms with Gasteiger partial charge in [0.15, 0.2) is 5.60 Å². The lowest BCUT2D eigenvalue weighted by atomic mass is 9.89. The molecule has 30 heavy (non-hydrogen) atoms. The van der Waals surface area contributed by atoms with Gasteiger partial charge in [-0.15, -0.1) is 0 Å². The molecule has 0 radical (unpaired) electrons. The summed E-state index contributed by atoms with van der Waals surface area (Å²) in [5.41, 5.74) is 2.89. The van der Waals surface area contributed by atoms with E-state index in [0.29, 0.717) is 17.7 Å². The Morgan fingerprint density at radius 2 is 1.57 bits per heavy atom. The molecule has 0 aromatic heterocycles. The van der Waals surface area contributed by atoms with Gasteiger partial charge >= 0.3 is 5.97 Å². The highest BCUT2D eigenvalue weighted by atomic mass is 16.6. The van der Waals surface area contributed by atoms with E-state index in [4.69, 9.17) is 4.74 Å². The van der Waals surface area contributed by atoms with E-state index in [9.17, 15) is 9.59 Å². The molecule has 2 N–H and O–H groups in total. The zero-order chi connectivity index (χ0) is 21.1. The molecule has 2 atom stereocenters. The molecule has 5 nitrogen and oxygen atoms in total. The van der Waals surface area contributed by atoms with E-state index < -0.39 is 11.6 Å². The first-order valence-corrected chi connectivity index (χ1v) is 9.99. The molecule has 0 spiro atoms. The second kappa shape index (κ2) is 8.03. The van der Waals surface area contributed by atoms with Crippen molar-refractivity contribution in [3.63, 3.8) is 0 Å². The summed E-state index contributed by atoms with van der Waals surface area (Å²) in [6.07, 6.45) is 0.342. The molecule has 0 saturated heterocycles. The van der Waals surface area contributed by atoms with Crippen LogP contribution in [0.1, 0.15) is 41.4 Å². The number of carbonyl (C=O) groups is 2. The van der Waals surface area contributed by atoms with Crippen LogP contribution in [0.25, 0.3) is 0 Å². The van der Waals surface area contributed by atoms with Gasteiger partial charge in [-0.1, -0.05) is 48.5 Å². The zero-order valence-corrected chi connectivity index (χ0v) is 17.0. The van der Waals surface area contributed by atoms with Crippen LogP contribution in [-0.4, -0.2) is 17.5 Å². The number of anilines is 2. The van der Waals surface area contributed by atoms with Gasteiger partial charge in [0.05, 0.1) is 5.56 Å². The third-order valence-electron chi connectivity index (χ3n) is 5.39. The van der Waals surface area contributed by atoms with Crippen LogP contribution in [0.2, 0.25) is 0 Å². The highest BCUT2D eigenvalue weighted by Gasteiger charge is 2.42. The number of fused-ring (bicyclic) bond motifs is 1. The Kier molecular flexibility index (Phi) is 5.27. The van der Waals surface area contributed by atoms with Crippen molar-refractivity contribution >= 4 is 23.3 Å². The Labute approximate surface area is 176 Å². The molecule has 3 aromatic rings. The highest BCUT2D eigenvalue weighted by molar-refractivity contribution is 6.02. The summed E-state index contributed by atoms with van der Waals surface area (Å²) in [7, 11) is 0. The van der Waals surface area contributed by atoms with Crippen molar-refractivity contribution in [3.8, 4) is 0 Å². The van der Waals surface area contributed by atoms with E-state index in [0.717, 1.165) is 11.3 Å². The molecule has 0 bridgehead atoms. The van der Waals surface area contributed by atoms with Crippen LogP contribution < -0.4 is 10.6 Å². The Morgan fingerprint density at radius 3 is 2.30 bits per heavy atom. The molecule has 152 valence electrons. The summed E-state index contributed by atoms with van der Waals surface area (Å²) in [5, 5.41) is 6.32. The average molecular weight is 400 g/mol. The summed E-state index contributed by atoms with van der Waals surface area (Å²) in [6, 6.07) is 25.1. The lowest BCUT2D eigenvalue weighted by Gasteiger charge is -2.33. The van der Waals surface area contributed by atoms with Gasteiger partial charge in [-0.25, -0.2) is 4.79 Å². The van der Waals surface area contributed by atoms with Crippen molar-refractivity contribution in [2.24, 2.45) is 0 Å².